The van der Waals surface area contributed by atoms with E-state index in [0.717, 1.165) is 44.4 Å². The summed E-state index contributed by atoms with van der Waals surface area (Å²) in [7, 11) is 1.84. The molecule has 0 saturated carbocycles. The lowest BCUT2D eigenvalue weighted by Gasteiger charge is -2.38. The molecule has 2 heterocycles. The number of likely N-dealkylation sites (tertiary alicyclic amines) is 2. The fraction of sp³-hybridized carbons (Fsp3) is 0.889. The summed E-state index contributed by atoms with van der Waals surface area (Å²) in [6.07, 6.45) is 5.32. The predicted molar refractivity (Wildman–Crippen MR) is 114 cm³/mol. The number of amides is 1. The highest BCUT2D eigenvalue weighted by atomic mass is 127. The molecule has 2 rings (SSSR count). The van der Waals surface area contributed by atoms with E-state index in [2.05, 4.69) is 34.0 Å². The van der Waals surface area contributed by atoms with Crippen LogP contribution in [0.15, 0.2) is 4.99 Å². The summed E-state index contributed by atoms with van der Waals surface area (Å²) < 4.78 is 0. The number of primary amides is 1. The highest BCUT2D eigenvalue weighted by Crippen LogP contribution is 2.20. The maximum Gasteiger partial charge on any atom is 0.217 e. The molecule has 0 aromatic rings. The number of guanidine groups is 1. The van der Waals surface area contributed by atoms with Crippen LogP contribution in [-0.2, 0) is 4.79 Å². The van der Waals surface area contributed by atoms with E-state index < -0.39 is 0 Å². The van der Waals surface area contributed by atoms with Crippen LogP contribution < -0.4 is 11.1 Å². The second kappa shape index (κ2) is 11.2. The lowest BCUT2D eigenvalue weighted by atomic mass is 9.95. The summed E-state index contributed by atoms with van der Waals surface area (Å²) in [5.74, 6) is 1.92. The molecule has 2 fully saturated rings. The zero-order valence-corrected chi connectivity index (χ0v) is 18.4. The number of nitrogens with one attached hydrogen (secondary N) is 1. The Morgan fingerprint density at radius 2 is 2.00 bits per heavy atom. The molecule has 1 amide bonds. The van der Waals surface area contributed by atoms with Crippen molar-refractivity contribution in [1.82, 2.24) is 15.1 Å². The van der Waals surface area contributed by atoms with Crippen LogP contribution in [0.25, 0.3) is 0 Å². The molecule has 2 saturated heterocycles. The number of nitrogens with zero attached hydrogens (tertiary/aromatic N) is 3. The molecular formula is C18H36IN5O. The topological polar surface area (TPSA) is 74.0 Å². The van der Waals surface area contributed by atoms with E-state index in [0.29, 0.717) is 18.4 Å². The number of aliphatic imine (C=N–C) groups is 1. The Hall–Kier alpha value is -0.570. The fourth-order valence-electron chi connectivity index (χ4n) is 4.04. The minimum atomic E-state index is -0.197. The van der Waals surface area contributed by atoms with Gasteiger partial charge >= 0.3 is 0 Å². The van der Waals surface area contributed by atoms with E-state index in [-0.39, 0.29) is 29.9 Å². The second-order valence-electron chi connectivity index (χ2n) is 7.64. The lowest BCUT2D eigenvalue weighted by Crippen LogP contribution is -2.51. The number of nitrogens with two attached hydrogens (primary N) is 1. The van der Waals surface area contributed by atoms with Crippen molar-refractivity contribution in [3.63, 3.8) is 0 Å². The molecule has 0 aliphatic carbocycles. The third kappa shape index (κ3) is 7.29. The van der Waals surface area contributed by atoms with Gasteiger partial charge in [0.25, 0.3) is 0 Å². The van der Waals surface area contributed by atoms with E-state index in [4.69, 9.17) is 5.73 Å². The SMILES string of the molecule is CN=C(NCC(C)N1CCCC(C)C1)N1CCCC(CC(N)=O)C1.I. The number of piperidine rings is 2. The third-order valence-electron chi connectivity index (χ3n) is 5.39. The molecule has 0 bridgehead atoms. The fourth-order valence-corrected chi connectivity index (χ4v) is 4.04. The van der Waals surface area contributed by atoms with Crippen LogP contribution in [0.3, 0.4) is 0 Å². The first-order valence-electron chi connectivity index (χ1n) is 9.47. The van der Waals surface area contributed by atoms with Crippen LogP contribution in [-0.4, -0.2) is 67.5 Å². The van der Waals surface area contributed by atoms with Gasteiger partial charge in [-0.15, -0.1) is 24.0 Å². The van der Waals surface area contributed by atoms with Gasteiger partial charge in [-0.3, -0.25) is 14.7 Å². The van der Waals surface area contributed by atoms with E-state index >= 15 is 0 Å². The van der Waals surface area contributed by atoms with E-state index in [9.17, 15) is 4.79 Å². The number of halogens is 1. The van der Waals surface area contributed by atoms with Crippen molar-refractivity contribution in [1.29, 1.82) is 0 Å². The minimum Gasteiger partial charge on any atom is -0.370 e. The first kappa shape index (κ1) is 22.5. The average Bonchev–Trinajstić information content (AvgIpc) is 2.55. The molecule has 2 aliphatic heterocycles. The first-order chi connectivity index (χ1) is 11.5. The molecule has 3 unspecified atom stereocenters. The van der Waals surface area contributed by atoms with Crippen molar-refractivity contribution in [2.75, 3.05) is 39.8 Å². The zero-order chi connectivity index (χ0) is 17.5. The summed E-state index contributed by atoms with van der Waals surface area (Å²) in [6, 6.07) is 0.510. The second-order valence-corrected chi connectivity index (χ2v) is 7.64. The highest BCUT2D eigenvalue weighted by molar-refractivity contribution is 14.0. The zero-order valence-electron chi connectivity index (χ0n) is 16.0. The number of carbonyl (C=O) groups is 1. The largest absolute Gasteiger partial charge is 0.370 e. The smallest absolute Gasteiger partial charge is 0.217 e. The van der Waals surface area contributed by atoms with Crippen molar-refractivity contribution in [2.24, 2.45) is 22.6 Å². The van der Waals surface area contributed by atoms with Gasteiger partial charge in [-0.2, -0.15) is 0 Å². The van der Waals surface area contributed by atoms with Crippen LogP contribution in [0.2, 0.25) is 0 Å². The minimum absolute atomic E-state index is 0. The van der Waals surface area contributed by atoms with Gasteiger partial charge in [0, 0.05) is 45.7 Å². The van der Waals surface area contributed by atoms with Crippen LogP contribution >= 0.6 is 24.0 Å². The van der Waals surface area contributed by atoms with E-state index in [1.54, 1.807) is 0 Å². The summed E-state index contributed by atoms with van der Waals surface area (Å²) in [5.41, 5.74) is 5.36. The lowest BCUT2D eigenvalue weighted by molar-refractivity contribution is -0.119. The Bertz CT molecular complexity index is 445. The van der Waals surface area contributed by atoms with Crippen LogP contribution in [0.1, 0.15) is 46.0 Å². The van der Waals surface area contributed by atoms with E-state index in [1.165, 1.54) is 25.9 Å². The van der Waals surface area contributed by atoms with Gasteiger partial charge in [-0.25, -0.2) is 0 Å². The van der Waals surface area contributed by atoms with Crippen molar-refractivity contribution in [2.45, 2.75) is 52.0 Å². The summed E-state index contributed by atoms with van der Waals surface area (Å²) in [4.78, 5) is 20.5. The number of hydrogen-bond donors (Lipinski definition) is 2. The summed E-state index contributed by atoms with van der Waals surface area (Å²) >= 11 is 0. The quantitative estimate of drug-likeness (QED) is 0.370. The molecule has 3 N–H and O–H groups in total. The number of hydrogen-bond acceptors (Lipinski definition) is 3. The summed E-state index contributed by atoms with van der Waals surface area (Å²) in [5, 5.41) is 3.54. The van der Waals surface area contributed by atoms with Gasteiger partial charge < -0.3 is 16.0 Å². The van der Waals surface area contributed by atoms with Crippen LogP contribution in [0, 0.1) is 11.8 Å². The predicted octanol–water partition coefficient (Wildman–Crippen LogP) is 1.89. The van der Waals surface area contributed by atoms with Gasteiger partial charge in [0.15, 0.2) is 5.96 Å². The van der Waals surface area contributed by atoms with Crippen LogP contribution in [0.4, 0.5) is 0 Å². The van der Waals surface area contributed by atoms with Gasteiger partial charge in [0.2, 0.25) is 5.91 Å². The number of carbonyl (C=O) groups excluding carboxylic acids is 1. The highest BCUT2D eigenvalue weighted by Gasteiger charge is 2.25. The molecular weight excluding hydrogens is 429 g/mol. The van der Waals surface area contributed by atoms with Gasteiger partial charge in [0.05, 0.1) is 0 Å². The Morgan fingerprint density at radius 3 is 2.64 bits per heavy atom. The average molecular weight is 465 g/mol. The van der Waals surface area contributed by atoms with Crippen molar-refractivity contribution in [3.05, 3.63) is 0 Å². The standard InChI is InChI=1S/C18H35N5O.HI/c1-14-6-4-8-22(12-14)15(2)11-21-18(20-3)23-9-5-7-16(13-23)10-17(19)24;/h14-16H,4-13H2,1-3H3,(H2,19,24)(H,20,21);1H. The molecule has 2 aliphatic rings. The number of rotatable bonds is 5. The van der Waals surface area contributed by atoms with E-state index in [1.807, 2.05) is 7.05 Å². The van der Waals surface area contributed by atoms with Crippen molar-refractivity contribution >= 4 is 35.8 Å². The molecule has 6 nitrogen and oxygen atoms in total. The Kier molecular flexibility index (Phi) is 10.1. The maximum absolute atomic E-state index is 11.2. The monoisotopic (exact) mass is 465 g/mol. The third-order valence-corrected chi connectivity index (χ3v) is 5.39. The normalized spacial score (nSPS) is 26.7. The van der Waals surface area contributed by atoms with Crippen molar-refractivity contribution in [3.8, 4) is 0 Å². The van der Waals surface area contributed by atoms with Gasteiger partial charge in [0.1, 0.15) is 0 Å². The Morgan fingerprint density at radius 1 is 1.28 bits per heavy atom. The van der Waals surface area contributed by atoms with Gasteiger partial charge in [-0.1, -0.05) is 6.92 Å². The van der Waals surface area contributed by atoms with Crippen molar-refractivity contribution < 1.29 is 4.79 Å². The van der Waals surface area contributed by atoms with Crippen LogP contribution in [0.5, 0.6) is 0 Å². The summed E-state index contributed by atoms with van der Waals surface area (Å²) in [6.45, 7) is 9.84. The Labute approximate surface area is 170 Å². The molecule has 0 aromatic carbocycles. The molecule has 3 atom stereocenters. The molecule has 0 spiro atoms. The molecule has 7 heteroatoms. The Balaban J connectivity index is 0.00000312. The first-order valence-corrected chi connectivity index (χ1v) is 9.47. The molecule has 0 radical (unpaired) electrons. The molecule has 25 heavy (non-hydrogen) atoms. The maximum atomic E-state index is 11.2. The van der Waals surface area contributed by atoms with Gasteiger partial charge in [-0.05, 0) is 51.0 Å². The molecule has 0 aromatic heterocycles. The molecule has 146 valence electrons.